The van der Waals surface area contributed by atoms with Gasteiger partial charge in [0.05, 0.1) is 24.0 Å². The zero-order chi connectivity index (χ0) is 25.8. The van der Waals surface area contributed by atoms with Gasteiger partial charge in [0.25, 0.3) is 5.56 Å². The number of aromatic nitrogens is 2. The van der Waals surface area contributed by atoms with Crippen molar-refractivity contribution in [3.63, 3.8) is 0 Å². The Kier molecular flexibility index (Phi) is 15.1. The first-order chi connectivity index (χ1) is 16.0. The largest absolute Gasteiger partial charge is 0.485 e. The fourth-order valence-corrected chi connectivity index (χ4v) is 2.68. The molecule has 190 valence electrons. The smallest absolute Gasteiger partial charge is 0.352 e. The van der Waals surface area contributed by atoms with Gasteiger partial charge < -0.3 is 15.3 Å². The molecule has 1 heterocycles. The number of anilines is 1. The molecule has 2 aromatic carbocycles. The summed E-state index contributed by atoms with van der Waals surface area (Å²) in [7, 11) is 1.23. The number of aliphatic carboxylic acids is 1. The average molecular weight is 585 g/mol. The molecule has 13 heteroatoms. The van der Waals surface area contributed by atoms with Crippen molar-refractivity contribution in [2.24, 2.45) is 5.84 Å². The molecule has 0 aliphatic carbocycles. The van der Waals surface area contributed by atoms with E-state index in [4.69, 9.17) is 57.4 Å². The average Bonchev–Trinajstić information content (AvgIpc) is 2.82. The first-order valence-electron chi connectivity index (χ1n) is 9.38. The number of nitrogens with one attached hydrogen (secondary N) is 1. The van der Waals surface area contributed by atoms with Crippen LogP contribution >= 0.6 is 58.8 Å². The summed E-state index contributed by atoms with van der Waals surface area (Å²) in [4.78, 5) is 21.7. The summed E-state index contributed by atoms with van der Waals surface area (Å²) in [5.41, 5.74) is 6.03. The first-order valence-corrected chi connectivity index (χ1v) is 10.9. The maximum atomic E-state index is 11.8. The summed E-state index contributed by atoms with van der Waals surface area (Å²) in [5.74, 6) is 3.87. The Balaban J connectivity index is 0.000000527. The second-order valence-corrected chi connectivity index (χ2v) is 7.98. The molecule has 3 rings (SSSR count). The van der Waals surface area contributed by atoms with E-state index in [-0.39, 0.29) is 27.7 Å². The fraction of sp³-hybridized carbons (Fsp3) is 0.136. The SMILES string of the molecule is CO/C(Cl)=C(\Cl)C(=O)O.Cc1cccc(-n2ncc(Cl)c(Cl)c2=O)c1.Cc1cccc(NN)c1.Cl. The molecule has 8 nitrogen and oxygen atoms in total. The molecule has 0 saturated carbocycles. The van der Waals surface area contributed by atoms with Crippen LogP contribution in [0.5, 0.6) is 0 Å². The van der Waals surface area contributed by atoms with E-state index in [0.717, 1.165) is 11.3 Å². The van der Waals surface area contributed by atoms with Crippen LogP contribution in [0.1, 0.15) is 11.1 Å². The lowest BCUT2D eigenvalue weighted by molar-refractivity contribution is -0.132. The Morgan fingerprint density at radius 2 is 1.66 bits per heavy atom. The quantitative estimate of drug-likeness (QED) is 0.151. The van der Waals surface area contributed by atoms with Gasteiger partial charge in [-0.1, -0.05) is 59.1 Å². The number of halogens is 5. The number of ether oxygens (including phenoxy) is 1. The molecule has 0 amide bonds. The molecule has 0 aliphatic heterocycles. The van der Waals surface area contributed by atoms with Crippen LogP contribution in [-0.4, -0.2) is 28.0 Å². The van der Waals surface area contributed by atoms with Crippen LogP contribution < -0.4 is 16.8 Å². The lowest BCUT2D eigenvalue weighted by atomic mass is 10.2. The molecule has 35 heavy (non-hydrogen) atoms. The molecule has 4 N–H and O–H groups in total. The first kappa shape index (κ1) is 32.5. The lowest BCUT2D eigenvalue weighted by Crippen LogP contribution is -2.21. The lowest BCUT2D eigenvalue weighted by Gasteiger charge is -2.05. The van der Waals surface area contributed by atoms with Crippen molar-refractivity contribution < 1.29 is 14.6 Å². The number of rotatable bonds is 4. The van der Waals surface area contributed by atoms with E-state index in [1.807, 2.05) is 56.3 Å². The number of carbonyl (C=O) groups is 1. The Hall–Kier alpha value is -2.46. The maximum absolute atomic E-state index is 11.8. The van der Waals surface area contributed by atoms with Crippen LogP contribution in [0.15, 0.2) is 69.8 Å². The molecule has 0 bridgehead atoms. The van der Waals surface area contributed by atoms with Gasteiger partial charge in [-0.15, -0.1) is 12.4 Å². The second kappa shape index (κ2) is 16.3. The number of benzene rings is 2. The minimum atomic E-state index is -1.30. The summed E-state index contributed by atoms with van der Waals surface area (Å²) < 4.78 is 5.53. The van der Waals surface area contributed by atoms with Gasteiger partial charge in [0, 0.05) is 5.69 Å². The van der Waals surface area contributed by atoms with Crippen molar-refractivity contribution in [1.82, 2.24) is 9.78 Å². The fourth-order valence-electron chi connectivity index (χ4n) is 2.26. The Morgan fingerprint density at radius 1 is 1.09 bits per heavy atom. The van der Waals surface area contributed by atoms with E-state index in [9.17, 15) is 9.59 Å². The zero-order valence-electron chi connectivity index (χ0n) is 18.8. The van der Waals surface area contributed by atoms with Gasteiger partial charge in [-0.25, -0.2) is 4.79 Å². The summed E-state index contributed by atoms with van der Waals surface area (Å²) in [5, 5.41) is 11.4. The maximum Gasteiger partial charge on any atom is 0.352 e. The highest BCUT2D eigenvalue weighted by Gasteiger charge is 2.09. The third-order valence-corrected chi connectivity index (χ3v) is 5.37. The zero-order valence-corrected chi connectivity index (χ0v) is 22.6. The number of hydrazine groups is 1. The molecule has 0 saturated heterocycles. The molecular weight excluding hydrogens is 562 g/mol. The standard InChI is InChI=1S/C11H8Cl2N2O.C7H10N2.C4H4Cl2O3.ClH/c1-7-3-2-4-8(5-7)15-11(16)10(13)9(12)6-14-15;1-6-3-2-4-7(5-6)9-8;1-9-3(6)2(5)4(7)8;/h2-6H,1H3;2-5,9H,8H2,1H3;1H3,(H,7,8);1H/b;;3-2-;. The summed E-state index contributed by atoms with van der Waals surface area (Å²) in [6.07, 6.45) is 1.35. The highest BCUT2D eigenvalue weighted by atomic mass is 35.5. The van der Waals surface area contributed by atoms with Crippen LogP contribution in [0.4, 0.5) is 5.69 Å². The van der Waals surface area contributed by atoms with Gasteiger partial charge >= 0.3 is 5.97 Å². The van der Waals surface area contributed by atoms with Crippen LogP contribution in [0.3, 0.4) is 0 Å². The third-order valence-electron chi connectivity index (χ3n) is 3.85. The third kappa shape index (κ3) is 10.8. The molecular formula is C22H23Cl5N4O4. The molecule has 0 spiro atoms. The predicted molar refractivity (Wildman–Crippen MR) is 144 cm³/mol. The molecule has 0 atom stereocenters. The summed E-state index contributed by atoms with van der Waals surface area (Å²) in [6, 6.07) is 15.3. The van der Waals surface area contributed by atoms with E-state index in [1.54, 1.807) is 6.07 Å². The normalized spacial score (nSPS) is 10.3. The van der Waals surface area contributed by atoms with Crippen molar-refractivity contribution in [3.8, 4) is 5.69 Å². The van der Waals surface area contributed by atoms with Gasteiger partial charge in [0.2, 0.25) is 5.22 Å². The van der Waals surface area contributed by atoms with Gasteiger partial charge in [-0.2, -0.15) is 9.78 Å². The van der Waals surface area contributed by atoms with Crippen LogP contribution in [0.25, 0.3) is 5.69 Å². The summed E-state index contributed by atoms with van der Waals surface area (Å²) in [6.45, 7) is 3.97. The van der Waals surface area contributed by atoms with Gasteiger partial charge in [0.15, 0.2) is 5.03 Å². The van der Waals surface area contributed by atoms with Gasteiger partial charge in [-0.3, -0.25) is 10.6 Å². The highest BCUT2D eigenvalue weighted by molar-refractivity contribution is 6.46. The van der Waals surface area contributed by atoms with E-state index < -0.39 is 16.6 Å². The number of nitrogens with zero attached hydrogens (tertiary/aromatic N) is 2. The van der Waals surface area contributed by atoms with Crippen LogP contribution in [0.2, 0.25) is 10.0 Å². The van der Waals surface area contributed by atoms with Crippen molar-refractivity contribution >= 4 is 70.5 Å². The minimum Gasteiger partial charge on any atom is -0.485 e. The highest BCUT2D eigenvalue weighted by Crippen LogP contribution is 2.16. The number of carboxylic acids is 1. The predicted octanol–water partition coefficient (Wildman–Crippen LogP) is 5.91. The molecule has 0 radical (unpaired) electrons. The van der Waals surface area contributed by atoms with E-state index >= 15 is 0 Å². The topological polar surface area (TPSA) is 119 Å². The monoisotopic (exact) mass is 582 g/mol. The summed E-state index contributed by atoms with van der Waals surface area (Å²) >= 11 is 21.7. The Morgan fingerprint density at radius 3 is 2.09 bits per heavy atom. The number of hydrogen-bond acceptors (Lipinski definition) is 6. The number of nitrogen functional groups attached to an aromatic ring is 1. The number of aryl methyl sites for hydroxylation is 2. The van der Waals surface area contributed by atoms with Crippen molar-refractivity contribution in [1.29, 1.82) is 0 Å². The minimum absolute atomic E-state index is 0. The van der Waals surface area contributed by atoms with Gasteiger partial charge in [-0.05, 0) is 60.8 Å². The van der Waals surface area contributed by atoms with E-state index in [0.29, 0.717) is 5.69 Å². The molecule has 0 unspecified atom stereocenters. The molecule has 0 aliphatic rings. The second-order valence-electron chi connectivity index (χ2n) is 6.47. The van der Waals surface area contributed by atoms with Crippen molar-refractivity contribution in [2.75, 3.05) is 12.5 Å². The number of nitrogens with two attached hydrogens (primary N) is 1. The van der Waals surface area contributed by atoms with Crippen LogP contribution in [0, 0.1) is 13.8 Å². The van der Waals surface area contributed by atoms with E-state index in [2.05, 4.69) is 15.3 Å². The molecule has 0 fully saturated rings. The van der Waals surface area contributed by atoms with Gasteiger partial charge in [0.1, 0.15) is 5.02 Å². The number of carboxylic acid groups (broad SMARTS) is 1. The molecule has 3 aromatic rings. The Bertz CT molecular complexity index is 1220. The van der Waals surface area contributed by atoms with Crippen molar-refractivity contribution in [2.45, 2.75) is 13.8 Å². The number of methoxy groups -OCH3 is 1. The van der Waals surface area contributed by atoms with Crippen LogP contribution in [-0.2, 0) is 9.53 Å². The van der Waals surface area contributed by atoms with E-state index in [1.165, 1.54) is 23.6 Å². The number of hydrogen-bond donors (Lipinski definition) is 3. The van der Waals surface area contributed by atoms with Crippen molar-refractivity contribution in [3.05, 3.63) is 96.5 Å². The Labute approximate surface area is 228 Å². The molecule has 1 aromatic heterocycles.